The van der Waals surface area contributed by atoms with Gasteiger partial charge in [-0.15, -0.1) is 0 Å². The maximum atomic E-state index is 11.2. The largest absolute Gasteiger partial charge is 0.446 e. The third-order valence-electron chi connectivity index (χ3n) is 3.04. The number of hydrogen-bond acceptors (Lipinski definition) is 7. The summed E-state index contributed by atoms with van der Waals surface area (Å²) in [5.41, 5.74) is 5.89. The van der Waals surface area contributed by atoms with Crippen molar-refractivity contribution < 1.29 is 23.5 Å². The van der Waals surface area contributed by atoms with Gasteiger partial charge < -0.3 is 29.6 Å². The quantitative estimate of drug-likeness (QED) is 0.700. The molecule has 8 nitrogen and oxygen atoms in total. The van der Waals surface area contributed by atoms with Gasteiger partial charge >= 0.3 is 7.60 Å². The SMILES string of the molecule is Nc1nc(-c2ccc(P(=O)(O)O)o2)c(N2CCOCC2)s1. The normalized spacial score (nSPS) is 16.4. The number of nitrogens with zero attached hydrogens (tertiary/aromatic N) is 2. The Hall–Kier alpha value is -1.38. The zero-order chi connectivity index (χ0) is 15.0. The standard InChI is InChI=1S/C11H14N3O5PS/c12-11-13-9(7-1-2-8(19-7)20(15,16)17)10(21-11)14-3-5-18-6-4-14/h1-2H,3-6H2,(H2,12,13)(H2,15,16,17). The highest BCUT2D eigenvalue weighted by Gasteiger charge is 2.26. The van der Waals surface area contributed by atoms with E-state index in [0.29, 0.717) is 42.9 Å². The van der Waals surface area contributed by atoms with Crippen molar-refractivity contribution >= 4 is 34.6 Å². The molecule has 0 saturated carbocycles. The van der Waals surface area contributed by atoms with Crippen molar-refractivity contribution in [1.82, 2.24) is 4.98 Å². The molecule has 0 atom stereocenters. The average Bonchev–Trinajstić information content (AvgIpc) is 3.05. The van der Waals surface area contributed by atoms with Gasteiger partial charge in [0.15, 0.2) is 10.9 Å². The second-order valence-corrected chi connectivity index (χ2v) is 7.03. The summed E-state index contributed by atoms with van der Waals surface area (Å²) in [7, 11) is -4.41. The van der Waals surface area contributed by atoms with Gasteiger partial charge in [0.25, 0.3) is 0 Å². The molecule has 1 fully saturated rings. The van der Waals surface area contributed by atoms with E-state index in [9.17, 15) is 4.57 Å². The molecule has 10 heteroatoms. The topological polar surface area (TPSA) is 122 Å². The van der Waals surface area contributed by atoms with Crippen molar-refractivity contribution in [3.05, 3.63) is 12.1 Å². The number of rotatable bonds is 3. The first-order chi connectivity index (χ1) is 9.95. The van der Waals surface area contributed by atoms with Crippen LogP contribution < -0.4 is 16.1 Å². The molecule has 21 heavy (non-hydrogen) atoms. The number of hydrogen-bond donors (Lipinski definition) is 3. The Morgan fingerprint density at radius 1 is 1.33 bits per heavy atom. The highest BCUT2D eigenvalue weighted by Crippen LogP contribution is 2.40. The van der Waals surface area contributed by atoms with Crippen LogP contribution in [0.2, 0.25) is 0 Å². The molecule has 0 amide bonds. The van der Waals surface area contributed by atoms with Crippen LogP contribution in [0.1, 0.15) is 0 Å². The Morgan fingerprint density at radius 2 is 2.05 bits per heavy atom. The lowest BCUT2D eigenvalue weighted by molar-refractivity contribution is 0.123. The summed E-state index contributed by atoms with van der Waals surface area (Å²) in [5.74, 6) is 0.294. The Morgan fingerprint density at radius 3 is 2.67 bits per heavy atom. The molecule has 1 aliphatic rings. The molecule has 0 spiro atoms. The van der Waals surface area contributed by atoms with Gasteiger partial charge in [0, 0.05) is 13.1 Å². The van der Waals surface area contributed by atoms with Gasteiger partial charge in [-0.25, -0.2) is 4.98 Å². The van der Waals surface area contributed by atoms with Crippen LogP contribution in [0.5, 0.6) is 0 Å². The van der Waals surface area contributed by atoms with Crippen molar-refractivity contribution in [3.63, 3.8) is 0 Å². The van der Waals surface area contributed by atoms with E-state index in [0.717, 1.165) is 5.00 Å². The Kier molecular flexibility index (Phi) is 3.76. The fraction of sp³-hybridized carbons (Fsp3) is 0.364. The van der Waals surface area contributed by atoms with Crippen LogP contribution in [0.15, 0.2) is 16.5 Å². The first-order valence-corrected chi connectivity index (χ1v) is 8.63. The van der Waals surface area contributed by atoms with Crippen molar-refractivity contribution in [2.75, 3.05) is 36.9 Å². The van der Waals surface area contributed by atoms with Gasteiger partial charge in [-0.3, -0.25) is 4.57 Å². The number of nitrogen functional groups attached to an aromatic ring is 1. The summed E-state index contributed by atoms with van der Waals surface area (Å²) in [6.45, 7) is 2.65. The predicted octanol–water partition coefficient (Wildman–Crippen LogP) is 0.625. The lowest BCUT2D eigenvalue weighted by Gasteiger charge is -2.27. The lowest BCUT2D eigenvalue weighted by atomic mass is 10.3. The van der Waals surface area contributed by atoms with Gasteiger partial charge in [-0.1, -0.05) is 11.3 Å². The Labute approximate surface area is 124 Å². The van der Waals surface area contributed by atoms with E-state index in [1.54, 1.807) is 0 Å². The minimum atomic E-state index is -4.41. The number of ether oxygens (including phenoxy) is 1. The Bertz CT molecular complexity index is 688. The van der Waals surface area contributed by atoms with Crippen molar-refractivity contribution in [2.24, 2.45) is 0 Å². The average molecular weight is 331 g/mol. The van der Waals surface area contributed by atoms with E-state index in [-0.39, 0.29) is 5.50 Å². The number of thiazole rings is 1. The minimum absolute atomic E-state index is 0.294. The highest BCUT2D eigenvalue weighted by molar-refractivity contribution is 7.59. The van der Waals surface area contributed by atoms with E-state index in [4.69, 9.17) is 24.7 Å². The third kappa shape index (κ3) is 2.97. The summed E-state index contributed by atoms with van der Waals surface area (Å²) in [5, 5.41) is 1.20. The van der Waals surface area contributed by atoms with E-state index < -0.39 is 7.60 Å². The molecule has 0 aromatic carbocycles. The van der Waals surface area contributed by atoms with Crippen molar-refractivity contribution in [1.29, 1.82) is 0 Å². The minimum Gasteiger partial charge on any atom is -0.446 e. The molecule has 2 aromatic heterocycles. The van der Waals surface area contributed by atoms with Crippen LogP contribution in [0.4, 0.5) is 10.1 Å². The summed E-state index contributed by atoms with van der Waals surface area (Å²) in [4.78, 5) is 24.5. The highest BCUT2D eigenvalue weighted by atomic mass is 32.1. The van der Waals surface area contributed by atoms with Gasteiger partial charge in [-0.2, -0.15) is 0 Å². The molecule has 0 aliphatic carbocycles. The fourth-order valence-electron chi connectivity index (χ4n) is 2.08. The number of morpholine rings is 1. The third-order valence-corrected chi connectivity index (χ3v) is 4.80. The molecule has 0 bridgehead atoms. The van der Waals surface area contributed by atoms with Crippen LogP contribution in [-0.2, 0) is 9.30 Å². The fourth-order valence-corrected chi connectivity index (χ4v) is 3.46. The number of nitrogens with two attached hydrogens (primary N) is 1. The molecule has 1 saturated heterocycles. The van der Waals surface area contributed by atoms with Crippen molar-refractivity contribution in [3.8, 4) is 11.5 Å². The molecule has 3 heterocycles. The second kappa shape index (κ2) is 5.43. The molecule has 114 valence electrons. The second-order valence-electron chi connectivity index (χ2n) is 4.49. The zero-order valence-corrected chi connectivity index (χ0v) is 12.6. The molecule has 3 rings (SSSR count). The van der Waals surface area contributed by atoms with Gasteiger partial charge in [0.1, 0.15) is 10.7 Å². The predicted molar refractivity (Wildman–Crippen MR) is 78.9 cm³/mol. The molecular formula is C11H14N3O5PS. The molecule has 2 aromatic rings. The maximum Gasteiger partial charge on any atom is 0.391 e. The first kappa shape index (κ1) is 14.6. The summed E-state index contributed by atoms with van der Waals surface area (Å²) in [6.07, 6.45) is 0. The summed E-state index contributed by atoms with van der Waals surface area (Å²) in [6, 6.07) is 2.75. The number of anilines is 2. The van der Waals surface area contributed by atoms with Gasteiger partial charge in [0.05, 0.1) is 13.2 Å². The van der Waals surface area contributed by atoms with Gasteiger partial charge in [-0.05, 0) is 12.1 Å². The summed E-state index contributed by atoms with van der Waals surface area (Å²) >= 11 is 1.32. The molecule has 1 aliphatic heterocycles. The molecular weight excluding hydrogens is 317 g/mol. The van der Waals surface area contributed by atoms with Crippen LogP contribution in [0, 0.1) is 0 Å². The lowest BCUT2D eigenvalue weighted by Crippen LogP contribution is -2.35. The molecule has 4 N–H and O–H groups in total. The first-order valence-electron chi connectivity index (χ1n) is 6.20. The number of furan rings is 1. The van der Waals surface area contributed by atoms with Gasteiger partial charge in [0.2, 0.25) is 5.50 Å². The van der Waals surface area contributed by atoms with Crippen LogP contribution >= 0.6 is 18.9 Å². The Balaban J connectivity index is 1.98. The number of aromatic nitrogens is 1. The molecule has 0 unspecified atom stereocenters. The van der Waals surface area contributed by atoms with Crippen LogP contribution in [0.25, 0.3) is 11.5 Å². The van der Waals surface area contributed by atoms with E-state index >= 15 is 0 Å². The maximum absolute atomic E-state index is 11.2. The molecule has 0 radical (unpaired) electrons. The van der Waals surface area contributed by atoms with Crippen LogP contribution in [-0.4, -0.2) is 41.1 Å². The van der Waals surface area contributed by atoms with Crippen LogP contribution in [0.3, 0.4) is 0 Å². The van der Waals surface area contributed by atoms with Crippen molar-refractivity contribution in [2.45, 2.75) is 0 Å². The monoisotopic (exact) mass is 331 g/mol. The van der Waals surface area contributed by atoms with E-state index in [1.807, 2.05) is 0 Å². The van der Waals surface area contributed by atoms with E-state index in [2.05, 4.69) is 9.88 Å². The van der Waals surface area contributed by atoms with E-state index in [1.165, 1.54) is 23.5 Å². The smallest absolute Gasteiger partial charge is 0.391 e. The summed E-state index contributed by atoms with van der Waals surface area (Å²) < 4.78 is 21.8. The zero-order valence-electron chi connectivity index (χ0n) is 10.9.